The fourth-order valence-corrected chi connectivity index (χ4v) is 2.35. The van der Waals surface area contributed by atoms with Crippen molar-refractivity contribution in [2.45, 2.75) is 33.2 Å². The number of benzene rings is 1. The first-order valence-corrected chi connectivity index (χ1v) is 8.53. The van der Waals surface area contributed by atoms with Crippen LogP contribution < -0.4 is 10.6 Å². The van der Waals surface area contributed by atoms with Crippen LogP contribution in [-0.4, -0.2) is 21.0 Å². The molecular formula is C20H23N5. The maximum absolute atomic E-state index is 4.65. The minimum absolute atomic E-state index is 0.302. The third-order valence-corrected chi connectivity index (χ3v) is 4.00. The van der Waals surface area contributed by atoms with Crippen LogP contribution in [0.4, 0.5) is 17.5 Å². The van der Waals surface area contributed by atoms with Gasteiger partial charge in [0.25, 0.3) is 0 Å². The van der Waals surface area contributed by atoms with Gasteiger partial charge in [-0.1, -0.05) is 24.6 Å². The fourth-order valence-electron chi connectivity index (χ4n) is 2.35. The summed E-state index contributed by atoms with van der Waals surface area (Å²) in [5.41, 5.74) is 4.02. The van der Waals surface area contributed by atoms with E-state index in [9.17, 15) is 0 Å². The molecule has 0 saturated carbocycles. The summed E-state index contributed by atoms with van der Waals surface area (Å²) in [6.07, 6.45) is 4.57. The lowest BCUT2D eigenvalue weighted by Crippen LogP contribution is -2.16. The quantitative estimate of drug-likeness (QED) is 0.678. The predicted octanol–water partition coefficient (Wildman–Crippen LogP) is 4.80. The molecule has 0 fully saturated rings. The number of nitrogens with one attached hydrogen (secondary N) is 2. The van der Waals surface area contributed by atoms with Crippen LogP contribution in [0, 0.1) is 6.92 Å². The number of aryl methyl sites for hydroxylation is 1. The molecule has 0 amide bonds. The number of nitrogens with zero attached hydrogens (tertiary/aromatic N) is 3. The summed E-state index contributed by atoms with van der Waals surface area (Å²) in [7, 11) is 0. The smallest absolute Gasteiger partial charge is 0.225 e. The molecule has 0 spiro atoms. The molecule has 0 aliphatic carbocycles. The van der Waals surface area contributed by atoms with Gasteiger partial charge in [-0.2, -0.15) is 4.98 Å². The Morgan fingerprint density at radius 2 is 1.88 bits per heavy atom. The van der Waals surface area contributed by atoms with Crippen LogP contribution in [-0.2, 0) is 0 Å². The molecule has 25 heavy (non-hydrogen) atoms. The maximum Gasteiger partial charge on any atom is 0.225 e. The third kappa shape index (κ3) is 4.53. The van der Waals surface area contributed by atoms with E-state index in [1.54, 1.807) is 6.20 Å². The third-order valence-electron chi connectivity index (χ3n) is 4.00. The molecule has 2 heterocycles. The van der Waals surface area contributed by atoms with Crippen molar-refractivity contribution in [1.29, 1.82) is 0 Å². The van der Waals surface area contributed by atoms with Crippen molar-refractivity contribution in [3.8, 4) is 11.3 Å². The van der Waals surface area contributed by atoms with E-state index in [0.717, 1.165) is 29.2 Å². The van der Waals surface area contributed by atoms with Gasteiger partial charge >= 0.3 is 0 Å². The summed E-state index contributed by atoms with van der Waals surface area (Å²) >= 11 is 0. The molecule has 2 N–H and O–H groups in total. The highest BCUT2D eigenvalue weighted by Crippen LogP contribution is 2.23. The Balaban J connectivity index is 1.95. The second-order valence-electron chi connectivity index (χ2n) is 6.15. The molecule has 0 saturated heterocycles. The molecule has 0 radical (unpaired) electrons. The van der Waals surface area contributed by atoms with E-state index in [4.69, 9.17) is 0 Å². The number of anilines is 3. The molecule has 0 bridgehead atoms. The molecule has 3 aromatic rings. The number of pyridine rings is 1. The summed E-state index contributed by atoms with van der Waals surface area (Å²) in [6.45, 7) is 6.32. The van der Waals surface area contributed by atoms with E-state index in [2.05, 4.69) is 58.5 Å². The zero-order chi connectivity index (χ0) is 17.6. The van der Waals surface area contributed by atoms with Crippen LogP contribution >= 0.6 is 0 Å². The van der Waals surface area contributed by atoms with Crippen molar-refractivity contribution in [2.24, 2.45) is 0 Å². The first kappa shape index (κ1) is 16.9. The standard InChI is InChI=1S/C20H23N5/c1-4-15(3)22-20-24-18(16-6-5-11-21-13-16)12-19(25-20)23-17-9-7-14(2)8-10-17/h5-13,15H,4H2,1-3H3,(H2,22,23,24,25)/t15-/m0/s1. The van der Waals surface area contributed by atoms with Gasteiger partial charge < -0.3 is 10.6 Å². The lowest BCUT2D eigenvalue weighted by molar-refractivity contribution is 0.753. The van der Waals surface area contributed by atoms with E-state index < -0.39 is 0 Å². The largest absolute Gasteiger partial charge is 0.352 e. The molecule has 1 atom stereocenters. The van der Waals surface area contributed by atoms with Gasteiger partial charge in [-0.3, -0.25) is 4.98 Å². The minimum Gasteiger partial charge on any atom is -0.352 e. The monoisotopic (exact) mass is 333 g/mol. The zero-order valence-corrected chi connectivity index (χ0v) is 14.8. The average molecular weight is 333 g/mol. The van der Waals surface area contributed by atoms with Crippen LogP contribution in [0.5, 0.6) is 0 Å². The van der Waals surface area contributed by atoms with Gasteiger partial charge in [-0.15, -0.1) is 0 Å². The summed E-state index contributed by atoms with van der Waals surface area (Å²) in [4.78, 5) is 13.4. The number of hydrogen-bond acceptors (Lipinski definition) is 5. The molecule has 0 aliphatic heterocycles. The topological polar surface area (TPSA) is 62.7 Å². The van der Waals surface area contributed by atoms with Crippen molar-refractivity contribution in [3.05, 3.63) is 60.4 Å². The zero-order valence-electron chi connectivity index (χ0n) is 14.8. The Kier molecular flexibility index (Phi) is 5.23. The van der Waals surface area contributed by atoms with E-state index >= 15 is 0 Å². The van der Waals surface area contributed by atoms with Crippen LogP contribution in [0.2, 0.25) is 0 Å². The van der Waals surface area contributed by atoms with E-state index in [0.29, 0.717) is 12.0 Å². The summed E-state index contributed by atoms with van der Waals surface area (Å²) in [5, 5.41) is 6.72. The van der Waals surface area contributed by atoms with Crippen molar-refractivity contribution >= 4 is 17.5 Å². The van der Waals surface area contributed by atoms with Gasteiger partial charge in [0.2, 0.25) is 5.95 Å². The molecule has 0 aliphatic rings. The molecule has 5 nitrogen and oxygen atoms in total. The summed E-state index contributed by atoms with van der Waals surface area (Å²) < 4.78 is 0. The molecule has 3 rings (SSSR count). The second-order valence-corrected chi connectivity index (χ2v) is 6.15. The second kappa shape index (κ2) is 7.75. The highest BCUT2D eigenvalue weighted by atomic mass is 15.2. The summed E-state index contributed by atoms with van der Waals surface area (Å²) in [5.74, 6) is 1.37. The lowest BCUT2D eigenvalue weighted by atomic mass is 10.2. The van der Waals surface area contributed by atoms with Crippen LogP contribution in [0.25, 0.3) is 11.3 Å². The Labute approximate surface area is 148 Å². The predicted molar refractivity (Wildman–Crippen MR) is 103 cm³/mol. The van der Waals surface area contributed by atoms with E-state index in [1.165, 1.54) is 5.56 Å². The van der Waals surface area contributed by atoms with Gasteiger partial charge in [0, 0.05) is 35.8 Å². The van der Waals surface area contributed by atoms with Gasteiger partial charge in [-0.25, -0.2) is 4.98 Å². The average Bonchev–Trinajstić information content (AvgIpc) is 2.64. The van der Waals surface area contributed by atoms with Crippen LogP contribution in [0.15, 0.2) is 54.9 Å². The molecule has 2 aromatic heterocycles. The SMILES string of the molecule is CC[C@H](C)Nc1nc(Nc2ccc(C)cc2)cc(-c2cccnc2)n1. The Bertz CT molecular complexity index is 815. The fraction of sp³-hybridized carbons (Fsp3) is 0.250. The Hall–Kier alpha value is -2.95. The van der Waals surface area contributed by atoms with Gasteiger partial charge in [0.1, 0.15) is 5.82 Å². The van der Waals surface area contributed by atoms with Crippen molar-refractivity contribution in [2.75, 3.05) is 10.6 Å². The molecule has 1 aromatic carbocycles. The molecular weight excluding hydrogens is 310 g/mol. The molecule has 5 heteroatoms. The minimum atomic E-state index is 0.302. The van der Waals surface area contributed by atoms with Crippen molar-refractivity contribution < 1.29 is 0 Å². The van der Waals surface area contributed by atoms with E-state index in [-0.39, 0.29) is 0 Å². The van der Waals surface area contributed by atoms with Crippen LogP contribution in [0.1, 0.15) is 25.8 Å². The van der Waals surface area contributed by atoms with Gasteiger partial charge in [0.05, 0.1) is 5.69 Å². The van der Waals surface area contributed by atoms with E-state index in [1.807, 2.05) is 36.5 Å². The Morgan fingerprint density at radius 1 is 1.08 bits per heavy atom. The number of aromatic nitrogens is 3. The number of hydrogen-bond donors (Lipinski definition) is 2. The van der Waals surface area contributed by atoms with Gasteiger partial charge in [-0.05, 0) is 44.5 Å². The Morgan fingerprint density at radius 3 is 2.56 bits per heavy atom. The normalized spacial score (nSPS) is 11.8. The highest BCUT2D eigenvalue weighted by molar-refractivity contribution is 5.66. The van der Waals surface area contributed by atoms with Gasteiger partial charge in [0.15, 0.2) is 0 Å². The maximum atomic E-state index is 4.65. The molecule has 0 unspecified atom stereocenters. The van der Waals surface area contributed by atoms with Crippen molar-refractivity contribution in [1.82, 2.24) is 15.0 Å². The molecule has 128 valence electrons. The first-order chi connectivity index (χ1) is 12.1. The van der Waals surface area contributed by atoms with Crippen molar-refractivity contribution in [3.63, 3.8) is 0 Å². The van der Waals surface area contributed by atoms with Crippen LogP contribution in [0.3, 0.4) is 0 Å². The number of rotatable bonds is 6. The highest BCUT2D eigenvalue weighted by Gasteiger charge is 2.09. The first-order valence-electron chi connectivity index (χ1n) is 8.53. The lowest BCUT2D eigenvalue weighted by Gasteiger charge is -2.14. The summed E-state index contributed by atoms with van der Waals surface area (Å²) in [6, 6.07) is 14.4.